The van der Waals surface area contributed by atoms with Crippen molar-refractivity contribution in [3.8, 4) is 0 Å². The summed E-state index contributed by atoms with van der Waals surface area (Å²) in [7, 11) is 0. The number of amides is 1. The molecule has 2 saturated heterocycles. The molecule has 3 rings (SSSR count). The molecule has 0 unspecified atom stereocenters. The summed E-state index contributed by atoms with van der Waals surface area (Å²) in [6.45, 7) is 8.24. The number of fused-ring (bicyclic) bond motifs is 1. The highest BCUT2D eigenvalue weighted by Gasteiger charge is 2.44. The summed E-state index contributed by atoms with van der Waals surface area (Å²) >= 11 is 0. The van der Waals surface area contributed by atoms with Gasteiger partial charge in [-0.05, 0) is 52.1 Å². The number of aromatic nitrogens is 2. The van der Waals surface area contributed by atoms with Crippen molar-refractivity contribution in [3.63, 3.8) is 0 Å². The van der Waals surface area contributed by atoms with Crippen LogP contribution in [0, 0.1) is 6.92 Å². The van der Waals surface area contributed by atoms with Crippen molar-refractivity contribution < 1.29 is 4.79 Å². The highest BCUT2D eigenvalue weighted by molar-refractivity contribution is 5.95. The van der Waals surface area contributed by atoms with Crippen molar-refractivity contribution in [2.24, 2.45) is 0 Å². The molecule has 1 amide bonds. The predicted molar refractivity (Wildman–Crippen MR) is 87.0 cm³/mol. The smallest absolute Gasteiger partial charge is 0.254 e. The van der Waals surface area contributed by atoms with E-state index >= 15 is 0 Å². The minimum Gasteiger partial charge on any atom is -0.350 e. The topological polar surface area (TPSA) is 50.2 Å². The Bertz CT molecular complexity index is 527. The van der Waals surface area contributed by atoms with Crippen molar-refractivity contribution >= 4 is 5.91 Å². The summed E-state index contributed by atoms with van der Waals surface area (Å²) in [4.78, 5) is 15.1. The molecule has 3 heterocycles. The van der Waals surface area contributed by atoms with E-state index in [4.69, 9.17) is 0 Å². The van der Waals surface area contributed by atoms with Crippen molar-refractivity contribution in [1.82, 2.24) is 20.0 Å². The van der Waals surface area contributed by atoms with Crippen molar-refractivity contribution in [3.05, 3.63) is 17.5 Å². The molecule has 0 spiro atoms. The Labute approximate surface area is 133 Å². The molecule has 0 radical (unpaired) electrons. The summed E-state index contributed by atoms with van der Waals surface area (Å²) in [5.41, 5.74) is 1.95. The number of unbranched alkanes of at least 4 members (excludes halogenated alkanes) is 1. The van der Waals surface area contributed by atoms with Gasteiger partial charge in [-0.15, -0.1) is 0 Å². The number of hydrogen-bond acceptors (Lipinski definition) is 3. The van der Waals surface area contributed by atoms with E-state index in [9.17, 15) is 4.79 Å². The fourth-order valence-electron chi connectivity index (χ4n) is 4.06. The molecule has 0 aliphatic carbocycles. The zero-order valence-electron chi connectivity index (χ0n) is 13.9. The van der Waals surface area contributed by atoms with E-state index in [-0.39, 0.29) is 11.4 Å². The normalized spacial score (nSPS) is 20.3. The molecule has 0 atom stereocenters. The van der Waals surface area contributed by atoms with Gasteiger partial charge in [0.1, 0.15) is 0 Å². The molecule has 122 valence electrons. The minimum atomic E-state index is 0.0355. The van der Waals surface area contributed by atoms with Crippen LogP contribution in [0.3, 0.4) is 0 Å². The van der Waals surface area contributed by atoms with E-state index in [0.29, 0.717) is 0 Å². The number of carbonyl (C=O) groups is 1. The number of aryl methyl sites for hydroxylation is 1. The Hall–Kier alpha value is -1.36. The third-order valence-corrected chi connectivity index (χ3v) is 5.46. The minimum absolute atomic E-state index is 0.0355. The number of nitrogens with one attached hydrogen (secondary N) is 1. The van der Waals surface area contributed by atoms with Gasteiger partial charge in [0, 0.05) is 24.3 Å². The zero-order valence-corrected chi connectivity index (χ0v) is 13.9. The van der Waals surface area contributed by atoms with Gasteiger partial charge >= 0.3 is 0 Å². The van der Waals surface area contributed by atoms with Gasteiger partial charge in [-0.3, -0.25) is 14.4 Å². The van der Waals surface area contributed by atoms with Crippen LogP contribution >= 0.6 is 0 Å². The maximum Gasteiger partial charge on any atom is 0.254 e. The van der Waals surface area contributed by atoms with Crippen LogP contribution in [0.4, 0.5) is 0 Å². The number of nitrogens with zero attached hydrogens (tertiary/aromatic N) is 3. The van der Waals surface area contributed by atoms with Gasteiger partial charge in [0.25, 0.3) is 5.91 Å². The van der Waals surface area contributed by atoms with E-state index in [0.717, 1.165) is 37.2 Å². The van der Waals surface area contributed by atoms with Gasteiger partial charge in [0.15, 0.2) is 0 Å². The zero-order chi connectivity index (χ0) is 15.6. The van der Waals surface area contributed by atoms with E-state index < -0.39 is 0 Å². The Morgan fingerprint density at radius 1 is 1.36 bits per heavy atom. The van der Waals surface area contributed by atoms with Crippen LogP contribution in [-0.4, -0.2) is 45.8 Å². The summed E-state index contributed by atoms with van der Waals surface area (Å²) < 4.78 is 1.95. The summed E-state index contributed by atoms with van der Waals surface area (Å²) in [6, 6.07) is 0. The van der Waals surface area contributed by atoms with Crippen LogP contribution in [0.1, 0.15) is 61.5 Å². The molecule has 5 nitrogen and oxygen atoms in total. The lowest BCUT2D eigenvalue weighted by Crippen LogP contribution is -2.48. The number of carbonyl (C=O) groups excluding carboxylic acids is 1. The van der Waals surface area contributed by atoms with Gasteiger partial charge in [-0.2, -0.15) is 5.10 Å². The second-order valence-electron chi connectivity index (χ2n) is 6.82. The molecule has 1 aromatic rings. The Morgan fingerprint density at radius 2 is 2.09 bits per heavy atom. The van der Waals surface area contributed by atoms with E-state index in [2.05, 4.69) is 22.2 Å². The SMILES string of the molecule is CCCCn1ncc(C(=O)NCC23CCCN2CCC3)c1C. The molecule has 2 fully saturated rings. The number of hydrogen-bond donors (Lipinski definition) is 1. The molecule has 1 aromatic heterocycles. The summed E-state index contributed by atoms with van der Waals surface area (Å²) in [6.07, 6.45) is 8.94. The quantitative estimate of drug-likeness (QED) is 0.877. The Balaban J connectivity index is 1.61. The summed E-state index contributed by atoms with van der Waals surface area (Å²) in [5, 5.41) is 7.54. The second-order valence-corrected chi connectivity index (χ2v) is 6.82. The van der Waals surface area contributed by atoms with Crippen molar-refractivity contribution in [2.45, 2.75) is 64.5 Å². The third kappa shape index (κ3) is 2.78. The predicted octanol–water partition coefficient (Wildman–Crippen LogP) is 2.35. The first kappa shape index (κ1) is 15.5. The van der Waals surface area contributed by atoms with Crippen LogP contribution in [0.2, 0.25) is 0 Å². The molecule has 22 heavy (non-hydrogen) atoms. The van der Waals surface area contributed by atoms with Crippen LogP contribution < -0.4 is 5.32 Å². The van der Waals surface area contributed by atoms with E-state index in [1.807, 2.05) is 11.6 Å². The molecule has 2 aliphatic heterocycles. The van der Waals surface area contributed by atoms with E-state index in [1.165, 1.54) is 38.8 Å². The maximum absolute atomic E-state index is 12.5. The lowest BCUT2D eigenvalue weighted by molar-refractivity contribution is 0.0918. The lowest BCUT2D eigenvalue weighted by Gasteiger charge is -2.32. The molecular weight excluding hydrogens is 276 g/mol. The molecule has 1 N–H and O–H groups in total. The second kappa shape index (κ2) is 6.41. The third-order valence-electron chi connectivity index (χ3n) is 5.46. The highest BCUT2D eigenvalue weighted by atomic mass is 16.1. The lowest BCUT2D eigenvalue weighted by atomic mass is 9.94. The van der Waals surface area contributed by atoms with Crippen LogP contribution in [0.25, 0.3) is 0 Å². The molecule has 0 saturated carbocycles. The largest absolute Gasteiger partial charge is 0.350 e. The first-order valence-electron chi connectivity index (χ1n) is 8.72. The monoisotopic (exact) mass is 304 g/mol. The van der Waals surface area contributed by atoms with Gasteiger partial charge < -0.3 is 5.32 Å². The standard InChI is InChI=1S/C17H28N4O/c1-3-4-11-21-14(2)15(12-19-21)16(22)18-13-17-7-5-9-20(17)10-6-8-17/h12H,3-11,13H2,1-2H3,(H,18,22). The average molecular weight is 304 g/mol. The fraction of sp³-hybridized carbons (Fsp3) is 0.765. The van der Waals surface area contributed by atoms with E-state index in [1.54, 1.807) is 6.20 Å². The first-order valence-corrected chi connectivity index (χ1v) is 8.72. The highest BCUT2D eigenvalue weighted by Crippen LogP contribution is 2.38. The van der Waals surface area contributed by atoms with Crippen molar-refractivity contribution in [1.29, 1.82) is 0 Å². The average Bonchev–Trinajstić information content (AvgIpc) is 3.17. The fourth-order valence-corrected chi connectivity index (χ4v) is 4.06. The van der Waals surface area contributed by atoms with Crippen molar-refractivity contribution in [2.75, 3.05) is 19.6 Å². The van der Waals surface area contributed by atoms with Crippen LogP contribution in [0.5, 0.6) is 0 Å². The number of rotatable bonds is 6. The Kier molecular flexibility index (Phi) is 4.52. The maximum atomic E-state index is 12.5. The molecule has 2 aliphatic rings. The molecule has 0 bridgehead atoms. The first-order chi connectivity index (χ1) is 10.7. The van der Waals surface area contributed by atoms with Gasteiger partial charge in [0.2, 0.25) is 0 Å². The molecular formula is C17H28N4O. The van der Waals surface area contributed by atoms with Crippen LogP contribution in [0.15, 0.2) is 6.20 Å². The van der Waals surface area contributed by atoms with Gasteiger partial charge in [0.05, 0.1) is 11.8 Å². The van der Waals surface area contributed by atoms with Crippen LogP contribution in [-0.2, 0) is 6.54 Å². The Morgan fingerprint density at radius 3 is 2.77 bits per heavy atom. The van der Waals surface area contributed by atoms with Gasteiger partial charge in [-0.25, -0.2) is 0 Å². The molecule has 5 heteroatoms. The van der Waals surface area contributed by atoms with Gasteiger partial charge in [-0.1, -0.05) is 13.3 Å². The molecule has 0 aromatic carbocycles. The summed E-state index contributed by atoms with van der Waals surface area (Å²) in [5.74, 6) is 0.0355.